The van der Waals surface area contributed by atoms with E-state index in [0.717, 1.165) is 7.25 Å². The van der Waals surface area contributed by atoms with Gasteiger partial charge in [-0.25, -0.2) is 0 Å². The van der Waals surface area contributed by atoms with Crippen LogP contribution in [-0.4, -0.2) is 0 Å². The molecule has 2 aliphatic rings. The van der Waals surface area contributed by atoms with Gasteiger partial charge in [-0.3, -0.25) is 0 Å². The molecule has 2 aliphatic carbocycles. The summed E-state index contributed by atoms with van der Waals surface area (Å²) in [6.07, 6.45) is 4.99. The molecular formula is C30H26Cl4Zr2. The fraction of sp³-hybridized carbons (Fsp3) is 0.200. The Kier molecular flexibility index (Phi) is 12.2. The second kappa shape index (κ2) is 13.7. The predicted molar refractivity (Wildman–Crippen MR) is 130 cm³/mol. The molecular weight excluding hydrogens is 685 g/mol. The molecule has 4 aromatic rings. The van der Waals surface area contributed by atoms with Crippen molar-refractivity contribution in [1.29, 1.82) is 0 Å². The second-order valence-corrected chi connectivity index (χ2v) is 16.4. The summed E-state index contributed by atoms with van der Waals surface area (Å²) in [4.78, 5) is 0. The van der Waals surface area contributed by atoms with E-state index < -0.39 is 46.5 Å². The van der Waals surface area contributed by atoms with Gasteiger partial charge >= 0.3 is 216 Å². The Labute approximate surface area is 262 Å². The summed E-state index contributed by atoms with van der Waals surface area (Å²) in [7, 11) is 0. The molecule has 0 spiro atoms. The Morgan fingerprint density at radius 3 is 1.33 bits per heavy atom. The Bertz CT molecular complexity index is 1320. The van der Waals surface area contributed by atoms with Crippen LogP contribution in [0.25, 0.3) is 33.7 Å². The molecule has 0 saturated carbocycles. The summed E-state index contributed by atoms with van der Waals surface area (Å²) in [6, 6.07) is 27.3. The minimum absolute atomic E-state index is 0. The first-order valence-corrected chi connectivity index (χ1v) is 17.9. The summed E-state index contributed by atoms with van der Waals surface area (Å²) in [5.41, 5.74) is 9.55. The van der Waals surface area contributed by atoms with Gasteiger partial charge in [0.15, 0.2) is 0 Å². The minimum atomic E-state index is -0.467. The van der Waals surface area contributed by atoms with Crippen molar-refractivity contribution in [1.82, 2.24) is 0 Å². The molecule has 0 fully saturated rings. The molecule has 0 aliphatic heterocycles. The van der Waals surface area contributed by atoms with Crippen molar-refractivity contribution in [2.24, 2.45) is 0 Å². The summed E-state index contributed by atoms with van der Waals surface area (Å²) in [5, 5.41) is 5.65. The minimum Gasteiger partial charge on any atom is -1.00 e. The van der Waals surface area contributed by atoms with Gasteiger partial charge in [0.2, 0.25) is 0 Å². The topological polar surface area (TPSA) is 0 Å². The van der Waals surface area contributed by atoms with E-state index in [1.165, 1.54) is 40.9 Å². The van der Waals surface area contributed by atoms with Gasteiger partial charge in [-0.15, -0.1) is 0 Å². The fourth-order valence-corrected chi connectivity index (χ4v) is 16.2. The van der Waals surface area contributed by atoms with Crippen LogP contribution in [0.15, 0.2) is 83.9 Å². The summed E-state index contributed by atoms with van der Waals surface area (Å²) in [5.74, 6) is 0. The van der Waals surface area contributed by atoms with E-state index >= 15 is 0 Å². The van der Waals surface area contributed by atoms with E-state index in [-0.39, 0.29) is 49.6 Å². The van der Waals surface area contributed by atoms with Crippen LogP contribution in [0.4, 0.5) is 0 Å². The standard InChI is InChI=1S/2C14H11.C2H4.4ClH.2Zr/c2*1-10-8-12-7-6-11-4-2-3-5-13(11)14(12)9-10;1-2;;;;;;/h2*2-9H,1H3;1-2H2;4*1H;;/q;;;;;;;2*+2/p-4. The van der Waals surface area contributed by atoms with Crippen molar-refractivity contribution in [3.8, 4) is 0 Å². The Balaban J connectivity index is 0.00000114. The van der Waals surface area contributed by atoms with E-state index in [4.69, 9.17) is 0 Å². The van der Waals surface area contributed by atoms with Gasteiger partial charge < -0.3 is 49.6 Å². The first-order valence-electron chi connectivity index (χ1n) is 11.6. The van der Waals surface area contributed by atoms with Crippen LogP contribution in [-0.2, 0) is 46.5 Å². The quantitative estimate of drug-likeness (QED) is 0.190. The molecule has 36 heavy (non-hydrogen) atoms. The number of fused-ring (bicyclic) bond motifs is 6. The number of benzene rings is 4. The monoisotopic (exact) mass is 706 g/mol. The number of rotatable bonds is 5. The molecule has 6 heteroatoms. The first kappa shape index (κ1) is 32.0. The Morgan fingerprint density at radius 2 is 0.917 bits per heavy atom. The zero-order chi connectivity index (χ0) is 21.7. The third-order valence-corrected chi connectivity index (χ3v) is 18.6. The summed E-state index contributed by atoms with van der Waals surface area (Å²) in [6.45, 7) is 4.76. The van der Waals surface area contributed by atoms with Crippen LogP contribution in [0.3, 0.4) is 0 Å². The molecule has 0 amide bonds. The van der Waals surface area contributed by atoms with Gasteiger partial charge in [-0.05, 0) is 0 Å². The van der Waals surface area contributed by atoms with Crippen molar-refractivity contribution in [3.05, 3.63) is 106 Å². The van der Waals surface area contributed by atoms with Gasteiger partial charge in [-0.2, -0.15) is 0 Å². The fourth-order valence-electron chi connectivity index (χ4n) is 5.54. The summed E-state index contributed by atoms with van der Waals surface area (Å²) < 4.78 is 4.64. The molecule has 0 N–H and O–H groups in total. The first-order chi connectivity index (χ1) is 15.7. The third-order valence-electron chi connectivity index (χ3n) is 7.11. The van der Waals surface area contributed by atoms with Crippen LogP contribution in [0, 0.1) is 0 Å². The molecule has 182 valence electrons. The largest absolute Gasteiger partial charge is 1.00 e. The molecule has 2 atom stereocenters. The number of hydrogen-bond donors (Lipinski definition) is 0. The maximum Gasteiger partial charge on any atom is -1.00 e. The van der Waals surface area contributed by atoms with E-state index in [9.17, 15) is 0 Å². The van der Waals surface area contributed by atoms with E-state index in [1.807, 2.05) is 0 Å². The number of allylic oxidation sites excluding steroid dienone is 2. The van der Waals surface area contributed by atoms with Crippen LogP contribution >= 0.6 is 0 Å². The predicted octanol–water partition coefficient (Wildman–Crippen LogP) is -3.37. The van der Waals surface area contributed by atoms with Crippen LogP contribution in [0.2, 0.25) is 8.26 Å². The van der Waals surface area contributed by atoms with Crippen molar-refractivity contribution in [2.75, 3.05) is 0 Å². The molecule has 0 radical (unpaired) electrons. The Hall–Kier alpha value is -0.194. The van der Waals surface area contributed by atoms with Crippen molar-refractivity contribution in [3.63, 3.8) is 0 Å². The number of halogens is 4. The van der Waals surface area contributed by atoms with E-state index in [0.29, 0.717) is 0 Å². The smallest absolute Gasteiger partial charge is 1.00 e. The molecule has 0 nitrogen and oxygen atoms in total. The molecule has 2 unspecified atom stereocenters. The van der Waals surface area contributed by atoms with Gasteiger partial charge in [0.05, 0.1) is 0 Å². The second-order valence-electron chi connectivity index (χ2n) is 9.13. The van der Waals surface area contributed by atoms with Crippen LogP contribution in [0.5, 0.6) is 0 Å². The summed E-state index contributed by atoms with van der Waals surface area (Å²) >= 11 is -0.935. The molecule has 0 bridgehead atoms. The Morgan fingerprint density at radius 1 is 0.528 bits per heavy atom. The van der Waals surface area contributed by atoms with Crippen molar-refractivity contribution in [2.45, 2.75) is 29.4 Å². The average Bonchev–Trinajstić information content (AvgIpc) is 3.32. The third kappa shape index (κ3) is 5.86. The zero-order valence-electron chi connectivity index (χ0n) is 20.2. The normalized spacial score (nSPS) is 16.6. The van der Waals surface area contributed by atoms with Crippen LogP contribution in [0.1, 0.15) is 43.4 Å². The van der Waals surface area contributed by atoms with Gasteiger partial charge in [-0.1, -0.05) is 0 Å². The molecule has 0 aromatic heterocycles. The van der Waals surface area contributed by atoms with Crippen molar-refractivity contribution >= 4 is 33.7 Å². The zero-order valence-corrected chi connectivity index (χ0v) is 28.1. The average molecular weight is 711 g/mol. The van der Waals surface area contributed by atoms with Crippen molar-refractivity contribution < 1.29 is 96.1 Å². The maximum absolute atomic E-state index is 2.49. The maximum atomic E-state index is 2.49. The number of hydrogen-bond acceptors (Lipinski definition) is 0. The molecule has 4 aromatic carbocycles. The SMILES string of the molecule is CC1=Cc2c(ccc3ccccc23)[CH]1[Zr+2][CH2][CH2][Zr+2][CH]1C(C)=Cc2c1ccc1ccccc21.[Cl-].[Cl-].[Cl-].[Cl-]. The molecule has 0 heterocycles. The van der Waals surface area contributed by atoms with Crippen LogP contribution < -0.4 is 49.6 Å². The molecule has 0 saturated heterocycles. The molecule has 6 rings (SSSR count). The van der Waals surface area contributed by atoms with Gasteiger partial charge in [0.1, 0.15) is 0 Å². The van der Waals surface area contributed by atoms with E-state index in [2.05, 4.69) is 98.8 Å². The van der Waals surface area contributed by atoms with Gasteiger partial charge in [0.25, 0.3) is 0 Å². The van der Waals surface area contributed by atoms with E-state index in [1.54, 1.807) is 22.3 Å². The van der Waals surface area contributed by atoms with Gasteiger partial charge in [0, 0.05) is 0 Å².